The molecule has 2 amide bonds. The molecule has 0 aromatic rings. The molecule has 2 heterocycles. The van der Waals surface area contributed by atoms with Crippen LogP contribution in [-0.4, -0.2) is 53.1 Å². The lowest BCUT2D eigenvalue weighted by Crippen LogP contribution is -2.51. The number of aliphatic carboxylic acids is 1. The Morgan fingerprint density at radius 2 is 1.57 bits per heavy atom. The lowest BCUT2D eigenvalue weighted by molar-refractivity contribution is -0.143. The minimum atomic E-state index is -0.768. The van der Waals surface area contributed by atoms with Gasteiger partial charge in [-0.25, -0.2) is 4.79 Å². The van der Waals surface area contributed by atoms with E-state index in [0.717, 1.165) is 32.4 Å². The number of piperidine rings is 2. The van der Waals surface area contributed by atoms with Gasteiger partial charge >= 0.3 is 12.0 Å². The van der Waals surface area contributed by atoms with Crippen molar-refractivity contribution in [2.45, 2.75) is 51.4 Å². The van der Waals surface area contributed by atoms with Crippen LogP contribution < -0.4 is 0 Å². The molecule has 1 saturated carbocycles. The molecule has 118 valence electrons. The van der Waals surface area contributed by atoms with E-state index in [9.17, 15) is 9.59 Å². The average molecular weight is 294 g/mol. The summed E-state index contributed by atoms with van der Waals surface area (Å²) in [6, 6.07) is 0.0637. The summed E-state index contributed by atoms with van der Waals surface area (Å²) in [4.78, 5) is 27.4. The van der Waals surface area contributed by atoms with Gasteiger partial charge in [0.05, 0.1) is 5.92 Å². The Labute approximate surface area is 126 Å². The van der Waals surface area contributed by atoms with E-state index in [1.54, 1.807) is 4.90 Å². The van der Waals surface area contributed by atoms with Gasteiger partial charge in [-0.15, -0.1) is 0 Å². The Kier molecular flexibility index (Phi) is 4.09. The van der Waals surface area contributed by atoms with E-state index in [1.807, 2.05) is 4.90 Å². The van der Waals surface area contributed by atoms with Crippen molar-refractivity contribution in [3.05, 3.63) is 0 Å². The first-order chi connectivity index (χ1) is 10.1. The summed E-state index contributed by atoms with van der Waals surface area (Å²) in [5, 5.41) is 9.14. The van der Waals surface area contributed by atoms with Crippen LogP contribution in [0.1, 0.15) is 51.4 Å². The quantitative estimate of drug-likeness (QED) is 0.808. The summed E-state index contributed by atoms with van der Waals surface area (Å²) in [6.45, 7) is 2.81. The Morgan fingerprint density at radius 1 is 0.905 bits per heavy atom. The van der Waals surface area contributed by atoms with Crippen LogP contribution in [0.2, 0.25) is 0 Å². The van der Waals surface area contributed by atoms with Gasteiger partial charge in [0.15, 0.2) is 0 Å². The predicted molar refractivity (Wildman–Crippen MR) is 79.0 cm³/mol. The van der Waals surface area contributed by atoms with Crippen molar-refractivity contribution in [3.8, 4) is 0 Å². The van der Waals surface area contributed by atoms with Crippen molar-refractivity contribution in [2.75, 3.05) is 26.2 Å². The normalized spacial score (nSPS) is 28.9. The lowest BCUT2D eigenvalue weighted by atomic mass is 9.77. The summed E-state index contributed by atoms with van der Waals surface area (Å²) in [5.41, 5.74) is 0.516. The zero-order valence-corrected chi connectivity index (χ0v) is 12.7. The van der Waals surface area contributed by atoms with E-state index in [2.05, 4.69) is 0 Å². The molecule has 0 aromatic heterocycles. The Bertz CT molecular complexity index is 408. The molecule has 5 nitrogen and oxygen atoms in total. The van der Waals surface area contributed by atoms with Crippen LogP contribution in [0.5, 0.6) is 0 Å². The number of amides is 2. The summed E-state index contributed by atoms with van der Waals surface area (Å²) in [7, 11) is 0. The molecule has 3 aliphatic rings. The minimum Gasteiger partial charge on any atom is -0.481 e. The second-order valence-electron chi connectivity index (χ2n) is 7.10. The van der Waals surface area contributed by atoms with Crippen molar-refractivity contribution in [2.24, 2.45) is 11.3 Å². The number of carboxylic acids is 1. The molecule has 1 aliphatic carbocycles. The molecule has 3 fully saturated rings. The molecule has 3 rings (SSSR count). The number of rotatable bonds is 1. The number of urea groups is 1. The fraction of sp³-hybridized carbons (Fsp3) is 0.875. The largest absolute Gasteiger partial charge is 0.481 e. The van der Waals surface area contributed by atoms with Crippen LogP contribution in [0.25, 0.3) is 0 Å². The van der Waals surface area contributed by atoms with Crippen molar-refractivity contribution in [3.63, 3.8) is 0 Å². The number of hydrogen-bond donors (Lipinski definition) is 1. The third-order valence-electron chi connectivity index (χ3n) is 5.80. The van der Waals surface area contributed by atoms with Gasteiger partial charge in [0.2, 0.25) is 0 Å². The van der Waals surface area contributed by atoms with Gasteiger partial charge in [0, 0.05) is 26.2 Å². The average Bonchev–Trinajstić information content (AvgIpc) is 2.96. The van der Waals surface area contributed by atoms with E-state index in [1.165, 1.54) is 25.7 Å². The van der Waals surface area contributed by atoms with E-state index < -0.39 is 5.97 Å². The van der Waals surface area contributed by atoms with Crippen molar-refractivity contribution >= 4 is 12.0 Å². The van der Waals surface area contributed by atoms with Crippen LogP contribution in [0.15, 0.2) is 0 Å². The molecule has 0 bridgehead atoms. The Hall–Kier alpha value is -1.26. The molecule has 1 atom stereocenters. The van der Waals surface area contributed by atoms with Gasteiger partial charge in [0.25, 0.3) is 0 Å². The van der Waals surface area contributed by atoms with E-state index >= 15 is 0 Å². The molecule has 1 spiro atoms. The SMILES string of the molecule is O=C(O)C1CCCN(C(=O)N2CCC3(CCCC3)CC2)C1. The third kappa shape index (κ3) is 3.01. The highest BCUT2D eigenvalue weighted by Gasteiger charge is 2.39. The molecule has 2 saturated heterocycles. The zero-order valence-electron chi connectivity index (χ0n) is 12.7. The summed E-state index contributed by atoms with van der Waals surface area (Å²) in [5.74, 6) is -1.15. The highest BCUT2D eigenvalue weighted by molar-refractivity contribution is 5.76. The highest BCUT2D eigenvalue weighted by atomic mass is 16.4. The Balaban J connectivity index is 1.55. The second-order valence-corrected chi connectivity index (χ2v) is 7.10. The van der Waals surface area contributed by atoms with Gasteiger partial charge in [-0.3, -0.25) is 4.79 Å². The van der Waals surface area contributed by atoms with Crippen molar-refractivity contribution < 1.29 is 14.7 Å². The van der Waals surface area contributed by atoms with E-state index in [-0.39, 0.29) is 11.9 Å². The minimum absolute atomic E-state index is 0.0637. The van der Waals surface area contributed by atoms with E-state index in [4.69, 9.17) is 5.11 Å². The molecular formula is C16H26N2O3. The standard InChI is InChI=1S/C16H26N2O3/c19-14(20)13-4-3-9-18(12-13)15(21)17-10-7-16(8-11-17)5-1-2-6-16/h13H,1-12H2,(H,19,20). The smallest absolute Gasteiger partial charge is 0.320 e. The number of carbonyl (C=O) groups is 2. The van der Waals surface area contributed by atoms with Crippen molar-refractivity contribution in [1.82, 2.24) is 9.80 Å². The summed E-state index contributed by atoms with van der Waals surface area (Å²) < 4.78 is 0. The molecule has 1 N–H and O–H groups in total. The van der Waals surface area contributed by atoms with Crippen LogP contribution >= 0.6 is 0 Å². The topological polar surface area (TPSA) is 60.9 Å². The zero-order chi connectivity index (χ0) is 14.9. The fourth-order valence-electron chi connectivity index (χ4n) is 4.35. The Morgan fingerprint density at radius 3 is 2.19 bits per heavy atom. The highest BCUT2D eigenvalue weighted by Crippen LogP contribution is 2.46. The molecule has 0 aromatic carbocycles. The van der Waals surface area contributed by atoms with Crippen LogP contribution in [0.3, 0.4) is 0 Å². The fourth-order valence-corrected chi connectivity index (χ4v) is 4.35. The number of carboxylic acid groups (broad SMARTS) is 1. The van der Waals surface area contributed by atoms with Crippen LogP contribution in [0.4, 0.5) is 4.79 Å². The van der Waals surface area contributed by atoms with Gasteiger partial charge < -0.3 is 14.9 Å². The molecule has 2 aliphatic heterocycles. The monoisotopic (exact) mass is 294 g/mol. The summed E-state index contributed by atoms with van der Waals surface area (Å²) in [6.07, 6.45) is 9.13. The molecule has 1 unspecified atom stereocenters. The van der Waals surface area contributed by atoms with E-state index in [0.29, 0.717) is 24.9 Å². The number of hydrogen-bond acceptors (Lipinski definition) is 2. The second kappa shape index (κ2) is 5.85. The molecule has 21 heavy (non-hydrogen) atoms. The van der Waals surface area contributed by atoms with Gasteiger partial charge in [-0.1, -0.05) is 12.8 Å². The maximum atomic E-state index is 12.6. The maximum absolute atomic E-state index is 12.6. The first kappa shape index (κ1) is 14.7. The van der Waals surface area contributed by atoms with Gasteiger partial charge in [-0.2, -0.15) is 0 Å². The van der Waals surface area contributed by atoms with Gasteiger partial charge in [-0.05, 0) is 43.9 Å². The number of carbonyl (C=O) groups excluding carboxylic acids is 1. The molecule has 5 heteroatoms. The lowest BCUT2D eigenvalue weighted by Gasteiger charge is -2.42. The van der Waals surface area contributed by atoms with Crippen LogP contribution in [0, 0.1) is 11.3 Å². The number of nitrogens with zero attached hydrogens (tertiary/aromatic N) is 2. The first-order valence-corrected chi connectivity index (χ1v) is 8.36. The first-order valence-electron chi connectivity index (χ1n) is 8.36. The number of likely N-dealkylation sites (tertiary alicyclic amines) is 2. The maximum Gasteiger partial charge on any atom is 0.320 e. The summed E-state index contributed by atoms with van der Waals surface area (Å²) >= 11 is 0. The van der Waals surface area contributed by atoms with Crippen LogP contribution in [-0.2, 0) is 4.79 Å². The predicted octanol–water partition coefficient (Wildman–Crippen LogP) is 2.56. The molecular weight excluding hydrogens is 268 g/mol. The van der Waals surface area contributed by atoms with Crippen molar-refractivity contribution in [1.29, 1.82) is 0 Å². The molecule has 0 radical (unpaired) electrons. The van der Waals surface area contributed by atoms with Gasteiger partial charge in [0.1, 0.15) is 0 Å². The third-order valence-corrected chi connectivity index (χ3v) is 5.80.